The van der Waals surface area contributed by atoms with E-state index in [1.54, 1.807) is 11.2 Å². The van der Waals surface area contributed by atoms with Crippen LogP contribution in [0.3, 0.4) is 0 Å². The van der Waals surface area contributed by atoms with Crippen LogP contribution < -0.4 is 27.4 Å². The highest BCUT2D eigenvalue weighted by molar-refractivity contribution is 5.97. The van der Waals surface area contributed by atoms with Crippen molar-refractivity contribution in [2.24, 2.45) is 21.5 Å². The lowest BCUT2D eigenvalue weighted by molar-refractivity contribution is 0.129. The third-order valence-corrected chi connectivity index (χ3v) is 4.36. The molecule has 9 nitrogen and oxygen atoms in total. The predicted octanol–water partition coefficient (Wildman–Crippen LogP) is 1.47. The topological polar surface area (TPSA) is 117 Å². The van der Waals surface area contributed by atoms with Crippen molar-refractivity contribution < 1.29 is 4.84 Å². The van der Waals surface area contributed by atoms with Gasteiger partial charge in [0.25, 0.3) is 5.88 Å². The Kier molecular flexibility index (Phi) is 8.57. The molecule has 0 fully saturated rings. The molecule has 0 radical (unpaired) electrons. The van der Waals surface area contributed by atoms with Gasteiger partial charge in [-0.3, -0.25) is 10.3 Å². The molecule has 1 unspecified atom stereocenters. The normalized spacial score (nSPS) is 16.1. The van der Waals surface area contributed by atoms with Gasteiger partial charge in [0.15, 0.2) is 5.96 Å². The van der Waals surface area contributed by atoms with Crippen molar-refractivity contribution in [3.05, 3.63) is 42.4 Å². The quantitative estimate of drug-likeness (QED) is 0.374. The van der Waals surface area contributed by atoms with E-state index >= 15 is 0 Å². The summed E-state index contributed by atoms with van der Waals surface area (Å²) >= 11 is 0. The summed E-state index contributed by atoms with van der Waals surface area (Å²) in [5, 5.41) is 4.49. The van der Waals surface area contributed by atoms with Crippen molar-refractivity contribution in [3.63, 3.8) is 0 Å². The summed E-state index contributed by atoms with van der Waals surface area (Å²) in [6.07, 6.45) is 3.72. The van der Waals surface area contributed by atoms with Crippen LogP contribution in [0.2, 0.25) is 0 Å². The van der Waals surface area contributed by atoms with Crippen molar-refractivity contribution in [2.75, 3.05) is 24.6 Å². The number of benzene rings is 1. The molecule has 0 saturated heterocycles. The third kappa shape index (κ3) is 7.09. The Morgan fingerprint density at radius 1 is 1.21 bits per heavy atom. The smallest absolute Gasteiger partial charge is 0.261 e. The van der Waals surface area contributed by atoms with Gasteiger partial charge in [0.05, 0.1) is 17.9 Å². The average Bonchev–Trinajstić information content (AvgIpc) is 3.14. The molecule has 154 valence electrons. The highest BCUT2D eigenvalue weighted by Gasteiger charge is 2.15. The molecule has 9 heteroatoms. The molecule has 1 aliphatic heterocycles. The Labute approximate surface area is 167 Å². The van der Waals surface area contributed by atoms with Gasteiger partial charge in [-0.05, 0) is 51.5 Å². The monoisotopic (exact) mass is 388 g/mol. The van der Waals surface area contributed by atoms with Gasteiger partial charge >= 0.3 is 0 Å². The zero-order valence-electron chi connectivity index (χ0n) is 16.9. The van der Waals surface area contributed by atoms with Gasteiger partial charge in [0.1, 0.15) is 0 Å². The van der Waals surface area contributed by atoms with E-state index in [1.165, 1.54) is 0 Å². The second-order valence-corrected chi connectivity index (χ2v) is 6.52. The van der Waals surface area contributed by atoms with E-state index in [0.717, 1.165) is 38.2 Å². The number of rotatable bonds is 9. The third-order valence-electron chi connectivity index (χ3n) is 4.36. The van der Waals surface area contributed by atoms with Crippen molar-refractivity contribution in [1.82, 2.24) is 15.8 Å². The largest absolute Gasteiger partial charge is 0.370 e. The van der Waals surface area contributed by atoms with Gasteiger partial charge in [0, 0.05) is 0 Å². The Morgan fingerprint density at radius 3 is 2.61 bits per heavy atom. The SMILES string of the molecule is CCN(CC)CCCC(C)N=C(N)NC(N)=NC1=CN(c2ccccc2)NO1. The summed E-state index contributed by atoms with van der Waals surface area (Å²) in [6.45, 7) is 9.59. The number of aliphatic imine (C=N–C) groups is 2. The molecule has 0 spiro atoms. The van der Waals surface area contributed by atoms with E-state index in [0.29, 0.717) is 5.88 Å². The van der Waals surface area contributed by atoms with Gasteiger partial charge < -0.3 is 21.2 Å². The number of hydrogen-bond acceptors (Lipinski definition) is 6. The minimum atomic E-state index is 0.105. The van der Waals surface area contributed by atoms with Crippen LogP contribution in [-0.4, -0.2) is 42.5 Å². The van der Waals surface area contributed by atoms with Crippen molar-refractivity contribution in [1.29, 1.82) is 0 Å². The van der Waals surface area contributed by atoms with E-state index in [4.69, 9.17) is 16.3 Å². The van der Waals surface area contributed by atoms with Crippen molar-refractivity contribution >= 4 is 17.6 Å². The molecule has 1 aromatic rings. The molecule has 6 N–H and O–H groups in total. The van der Waals surface area contributed by atoms with Crippen LogP contribution >= 0.6 is 0 Å². The lowest BCUT2D eigenvalue weighted by Gasteiger charge is -2.18. The zero-order chi connectivity index (χ0) is 20.4. The van der Waals surface area contributed by atoms with Crippen molar-refractivity contribution in [3.8, 4) is 0 Å². The van der Waals surface area contributed by atoms with Crippen LogP contribution in [0.25, 0.3) is 0 Å². The fourth-order valence-electron chi connectivity index (χ4n) is 2.79. The van der Waals surface area contributed by atoms with Crippen LogP contribution in [0, 0.1) is 0 Å². The first-order chi connectivity index (χ1) is 13.5. The highest BCUT2D eigenvalue weighted by Crippen LogP contribution is 2.17. The summed E-state index contributed by atoms with van der Waals surface area (Å²) < 4.78 is 0. The molecule has 0 amide bonds. The number of nitrogens with two attached hydrogens (primary N) is 2. The first-order valence-corrected chi connectivity index (χ1v) is 9.67. The van der Waals surface area contributed by atoms with Gasteiger partial charge in [-0.15, -0.1) is 0 Å². The fraction of sp³-hybridized carbons (Fsp3) is 0.474. The Bertz CT molecular complexity index is 684. The Balaban J connectivity index is 1.82. The molecular formula is C19H32N8O. The van der Waals surface area contributed by atoms with E-state index in [2.05, 4.69) is 39.6 Å². The first kappa shape index (κ1) is 21.5. The number of nitrogens with zero attached hydrogens (tertiary/aromatic N) is 4. The van der Waals surface area contributed by atoms with Gasteiger partial charge in [0.2, 0.25) is 5.96 Å². The van der Waals surface area contributed by atoms with Gasteiger partial charge in [-0.25, -0.2) is 5.01 Å². The summed E-state index contributed by atoms with van der Waals surface area (Å²) in [5.41, 5.74) is 15.5. The summed E-state index contributed by atoms with van der Waals surface area (Å²) in [6, 6.07) is 9.79. The lowest BCUT2D eigenvalue weighted by atomic mass is 10.2. The number of nitrogens with one attached hydrogen (secondary N) is 2. The Morgan fingerprint density at radius 2 is 1.93 bits per heavy atom. The molecular weight excluding hydrogens is 356 g/mol. The molecule has 0 aromatic heterocycles. The zero-order valence-corrected chi connectivity index (χ0v) is 16.9. The predicted molar refractivity (Wildman–Crippen MR) is 114 cm³/mol. The van der Waals surface area contributed by atoms with Crippen LogP contribution in [0.1, 0.15) is 33.6 Å². The highest BCUT2D eigenvalue weighted by atomic mass is 16.7. The summed E-state index contributed by atoms with van der Waals surface area (Å²) in [7, 11) is 0. The molecule has 28 heavy (non-hydrogen) atoms. The fourth-order valence-corrected chi connectivity index (χ4v) is 2.79. The maximum absolute atomic E-state index is 5.93. The lowest BCUT2D eigenvalue weighted by Crippen LogP contribution is -2.42. The summed E-state index contributed by atoms with van der Waals surface area (Å²) in [5.74, 6) is 0.663. The number of hydrazine groups is 1. The van der Waals surface area contributed by atoms with Crippen molar-refractivity contribution in [2.45, 2.75) is 39.7 Å². The van der Waals surface area contributed by atoms with E-state index in [1.807, 2.05) is 37.3 Å². The molecule has 1 atom stereocenters. The molecule has 2 rings (SSSR count). The molecule has 0 aliphatic carbocycles. The van der Waals surface area contributed by atoms with E-state index < -0.39 is 0 Å². The Hall–Kier alpha value is -2.78. The average molecular weight is 389 g/mol. The minimum Gasteiger partial charge on any atom is -0.370 e. The summed E-state index contributed by atoms with van der Waals surface area (Å²) in [4.78, 5) is 16.3. The standard InChI is InChI=1S/C19H32N8O/c1-4-26(5-2)13-9-10-15(3)22-18(20)24-19(21)23-17-14-27(25-28-17)16-11-7-6-8-12-16/h6-8,11-12,14-15,25H,4-5,9-10,13H2,1-3H3,(H5,20,21,22,23,24). The number of hydrogen-bond donors (Lipinski definition) is 4. The molecule has 1 aromatic carbocycles. The molecule has 1 heterocycles. The van der Waals surface area contributed by atoms with Crippen LogP contribution in [0.5, 0.6) is 0 Å². The molecule has 1 aliphatic rings. The van der Waals surface area contributed by atoms with Gasteiger partial charge in [-0.1, -0.05) is 37.6 Å². The number of guanidine groups is 2. The minimum absolute atomic E-state index is 0.105. The van der Waals surface area contributed by atoms with E-state index in [-0.39, 0.29) is 18.0 Å². The van der Waals surface area contributed by atoms with Crippen LogP contribution in [0.4, 0.5) is 5.69 Å². The van der Waals surface area contributed by atoms with Crippen LogP contribution in [-0.2, 0) is 4.84 Å². The maximum atomic E-state index is 5.93. The second kappa shape index (κ2) is 11.2. The second-order valence-electron chi connectivity index (χ2n) is 6.52. The maximum Gasteiger partial charge on any atom is 0.261 e. The first-order valence-electron chi connectivity index (χ1n) is 9.67. The van der Waals surface area contributed by atoms with Gasteiger partial charge in [-0.2, -0.15) is 4.99 Å². The molecule has 0 bridgehead atoms. The van der Waals surface area contributed by atoms with Crippen LogP contribution in [0.15, 0.2) is 52.4 Å². The van der Waals surface area contributed by atoms with E-state index in [9.17, 15) is 0 Å². The number of anilines is 1. The number of para-hydroxylation sites is 1. The molecule has 0 saturated carbocycles.